The van der Waals surface area contributed by atoms with Crippen LogP contribution in [-0.2, 0) is 4.74 Å². The van der Waals surface area contributed by atoms with Gasteiger partial charge in [0.05, 0.1) is 13.3 Å². The molecule has 14 heavy (non-hydrogen) atoms. The summed E-state index contributed by atoms with van der Waals surface area (Å²) >= 11 is 0. The van der Waals surface area contributed by atoms with Crippen LogP contribution in [0.5, 0.6) is 0 Å². The third-order valence-electron chi connectivity index (χ3n) is 2.29. The number of amidine groups is 1. The molecular formula is C11H18N2O. The Hall–Kier alpha value is -1.25. The van der Waals surface area contributed by atoms with E-state index in [0.29, 0.717) is 0 Å². The van der Waals surface area contributed by atoms with E-state index in [1.54, 1.807) is 13.3 Å². The van der Waals surface area contributed by atoms with Gasteiger partial charge in [0.2, 0.25) is 0 Å². The maximum atomic E-state index is 5.12. The number of methoxy groups -OCH3 is 1. The molecule has 1 heterocycles. The van der Waals surface area contributed by atoms with Crippen molar-refractivity contribution in [2.45, 2.75) is 20.3 Å². The minimum absolute atomic E-state index is 0.812. The number of hydrogen-bond donors (Lipinski definition) is 0. The molecule has 0 atom stereocenters. The fourth-order valence-electron chi connectivity index (χ4n) is 1.43. The van der Waals surface area contributed by atoms with Crippen LogP contribution in [0.25, 0.3) is 0 Å². The Labute approximate surface area is 85.8 Å². The van der Waals surface area contributed by atoms with Gasteiger partial charge in [0.25, 0.3) is 0 Å². The van der Waals surface area contributed by atoms with Crippen LogP contribution in [0.3, 0.4) is 0 Å². The first-order valence-corrected chi connectivity index (χ1v) is 5.04. The van der Waals surface area contributed by atoms with Gasteiger partial charge < -0.3 is 9.64 Å². The van der Waals surface area contributed by atoms with Gasteiger partial charge in [-0.25, -0.2) is 4.99 Å². The molecule has 1 rings (SSSR count). The third kappa shape index (κ3) is 2.62. The van der Waals surface area contributed by atoms with Crippen LogP contribution in [0, 0.1) is 0 Å². The molecule has 0 spiro atoms. The molecule has 3 heteroatoms. The van der Waals surface area contributed by atoms with Crippen LogP contribution in [0.2, 0.25) is 0 Å². The number of hydrogen-bond acceptors (Lipinski definition) is 3. The maximum absolute atomic E-state index is 5.12. The molecule has 78 valence electrons. The molecule has 0 aromatic carbocycles. The zero-order valence-corrected chi connectivity index (χ0v) is 9.16. The summed E-state index contributed by atoms with van der Waals surface area (Å²) in [4.78, 5) is 6.66. The number of aliphatic imine (C=N–C) groups is 1. The summed E-state index contributed by atoms with van der Waals surface area (Å²) in [5.41, 5.74) is 0. The molecule has 0 amide bonds. The SMILES string of the molecule is CCN(CC)C1=NC=C(OC)C=CC1. The Morgan fingerprint density at radius 1 is 1.43 bits per heavy atom. The number of nitrogens with zero attached hydrogens (tertiary/aromatic N) is 2. The summed E-state index contributed by atoms with van der Waals surface area (Å²) in [5.74, 6) is 1.92. The first kappa shape index (κ1) is 10.8. The van der Waals surface area contributed by atoms with Crippen molar-refractivity contribution >= 4 is 5.84 Å². The molecule has 1 aliphatic rings. The van der Waals surface area contributed by atoms with E-state index in [0.717, 1.165) is 31.1 Å². The molecule has 0 radical (unpaired) electrons. The van der Waals surface area contributed by atoms with Gasteiger partial charge in [0.1, 0.15) is 11.6 Å². The van der Waals surface area contributed by atoms with Crippen LogP contribution in [0.15, 0.2) is 29.1 Å². The van der Waals surface area contributed by atoms with Gasteiger partial charge in [-0.3, -0.25) is 0 Å². The van der Waals surface area contributed by atoms with Gasteiger partial charge in [-0.05, 0) is 19.9 Å². The first-order chi connectivity index (χ1) is 6.81. The molecule has 0 bridgehead atoms. The van der Waals surface area contributed by atoms with Crippen molar-refractivity contribution in [3.05, 3.63) is 24.1 Å². The smallest absolute Gasteiger partial charge is 0.136 e. The summed E-state index contributed by atoms with van der Waals surface area (Å²) < 4.78 is 5.12. The van der Waals surface area contributed by atoms with Gasteiger partial charge in [-0.1, -0.05) is 6.08 Å². The number of ether oxygens (including phenoxy) is 1. The van der Waals surface area contributed by atoms with Crippen LogP contribution >= 0.6 is 0 Å². The van der Waals surface area contributed by atoms with Crippen molar-refractivity contribution in [1.82, 2.24) is 4.90 Å². The molecule has 3 nitrogen and oxygen atoms in total. The third-order valence-corrected chi connectivity index (χ3v) is 2.29. The quantitative estimate of drug-likeness (QED) is 0.688. The second-order valence-electron chi connectivity index (χ2n) is 3.06. The monoisotopic (exact) mass is 194 g/mol. The van der Waals surface area contributed by atoms with E-state index in [1.807, 2.05) is 6.08 Å². The summed E-state index contributed by atoms with van der Waals surface area (Å²) in [6, 6.07) is 0. The maximum Gasteiger partial charge on any atom is 0.136 e. The molecule has 0 aliphatic carbocycles. The van der Waals surface area contributed by atoms with E-state index >= 15 is 0 Å². The normalized spacial score (nSPS) is 15.6. The van der Waals surface area contributed by atoms with Crippen molar-refractivity contribution in [2.75, 3.05) is 20.2 Å². The van der Waals surface area contributed by atoms with E-state index in [-0.39, 0.29) is 0 Å². The number of rotatable bonds is 3. The lowest BCUT2D eigenvalue weighted by atomic mass is 10.3. The molecule has 0 aromatic heterocycles. The lowest BCUT2D eigenvalue weighted by Gasteiger charge is -2.21. The second-order valence-corrected chi connectivity index (χ2v) is 3.06. The van der Waals surface area contributed by atoms with Crippen LogP contribution in [0.4, 0.5) is 0 Å². The lowest BCUT2D eigenvalue weighted by molar-refractivity contribution is 0.306. The molecule has 0 aromatic rings. The topological polar surface area (TPSA) is 24.8 Å². The first-order valence-electron chi connectivity index (χ1n) is 5.04. The Balaban J connectivity index is 2.76. The van der Waals surface area contributed by atoms with E-state index < -0.39 is 0 Å². The zero-order valence-electron chi connectivity index (χ0n) is 9.16. The van der Waals surface area contributed by atoms with Gasteiger partial charge in [0.15, 0.2) is 0 Å². The number of allylic oxidation sites excluding steroid dienone is 1. The minimum Gasteiger partial charge on any atom is -0.495 e. The lowest BCUT2D eigenvalue weighted by Crippen LogP contribution is -2.29. The van der Waals surface area contributed by atoms with Crippen LogP contribution in [-0.4, -0.2) is 30.9 Å². The van der Waals surface area contributed by atoms with E-state index in [1.165, 1.54) is 0 Å². The molecule has 0 fully saturated rings. The Morgan fingerprint density at radius 3 is 2.71 bits per heavy atom. The highest BCUT2D eigenvalue weighted by molar-refractivity contribution is 5.84. The van der Waals surface area contributed by atoms with E-state index in [4.69, 9.17) is 4.74 Å². The molecular weight excluding hydrogens is 176 g/mol. The highest BCUT2D eigenvalue weighted by Gasteiger charge is 2.06. The minimum atomic E-state index is 0.812. The van der Waals surface area contributed by atoms with Gasteiger partial charge in [-0.2, -0.15) is 0 Å². The predicted molar refractivity (Wildman–Crippen MR) is 59.2 cm³/mol. The predicted octanol–water partition coefficient (Wildman–Crippen LogP) is 2.17. The highest BCUT2D eigenvalue weighted by Crippen LogP contribution is 2.08. The summed E-state index contributed by atoms with van der Waals surface area (Å²) in [7, 11) is 1.66. The molecule has 0 unspecified atom stereocenters. The zero-order chi connectivity index (χ0) is 10.4. The van der Waals surface area contributed by atoms with Gasteiger partial charge in [0, 0.05) is 19.5 Å². The Kier molecular flexibility index (Phi) is 4.23. The van der Waals surface area contributed by atoms with E-state index in [9.17, 15) is 0 Å². The van der Waals surface area contributed by atoms with Crippen molar-refractivity contribution in [2.24, 2.45) is 4.99 Å². The van der Waals surface area contributed by atoms with Crippen molar-refractivity contribution in [3.63, 3.8) is 0 Å². The molecule has 0 N–H and O–H groups in total. The molecule has 1 aliphatic heterocycles. The van der Waals surface area contributed by atoms with Gasteiger partial charge in [-0.15, -0.1) is 0 Å². The van der Waals surface area contributed by atoms with Crippen molar-refractivity contribution < 1.29 is 4.74 Å². The largest absolute Gasteiger partial charge is 0.495 e. The summed E-state index contributed by atoms with van der Waals surface area (Å²) in [5, 5.41) is 0. The Bertz CT molecular complexity index is 262. The summed E-state index contributed by atoms with van der Waals surface area (Å²) in [6.07, 6.45) is 6.70. The molecule has 0 saturated carbocycles. The van der Waals surface area contributed by atoms with Crippen LogP contribution < -0.4 is 0 Å². The van der Waals surface area contributed by atoms with Crippen molar-refractivity contribution in [3.8, 4) is 0 Å². The molecule has 0 saturated heterocycles. The van der Waals surface area contributed by atoms with Crippen LogP contribution in [0.1, 0.15) is 20.3 Å². The highest BCUT2D eigenvalue weighted by atomic mass is 16.5. The second kappa shape index (κ2) is 5.47. The standard InChI is InChI=1S/C11H18N2O/c1-4-13(5-2)11-8-6-7-10(14-3)9-12-11/h6-7,9H,4-5,8H2,1-3H3. The van der Waals surface area contributed by atoms with E-state index in [2.05, 4.69) is 29.8 Å². The Morgan fingerprint density at radius 2 is 2.14 bits per heavy atom. The van der Waals surface area contributed by atoms with Crippen molar-refractivity contribution in [1.29, 1.82) is 0 Å². The summed E-state index contributed by atoms with van der Waals surface area (Å²) in [6.45, 7) is 6.28. The fraction of sp³-hybridized carbons (Fsp3) is 0.545. The van der Waals surface area contributed by atoms with Gasteiger partial charge >= 0.3 is 0 Å². The average Bonchev–Trinajstić information content (AvgIpc) is 2.45. The fourth-order valence-corrected chi connectivity index (χ4v) is 1.43. The average molecular weight is 194 g/mol.